The number of rotatable bonds is 5. The molecule has 0 bridgehead atoms. The highest BCUT2D eigenvalue weighted by Crippen LogP contribution is 2.20. The molecule has 0 spiro atoms. The topological polar surface area (TPSA) is 29.5 Å². The molecule has 0 N–H and O–H groups in total. The highest BCUT2D eigenvalue weighted by Gasteiger charge is 2.17. The number of nitrogens with zero attached hydrogens (tertiary/aromatic N) is 1. The van der Waals surface area contributed by atoms with Crippen molar-refractivity contribution in [3.05, 3.63) is 66.2 Å². The number of esters is 1. The number of hydrogen-bond acceptors (Lipinski definition) is 3. The molecule has 0 aromatic heterocycles. The number of hydrogen-bond donors (Lipinski definition) is 0. The van der Waals surface area contributed by atoms with Crippen molar-refractivity contribution < 1.29 is 9.53 Å². The van der Waals surface area contributed by atoms with Crippen LogP contribution in [0.3, 0.4) is 0 Å². The van der Waals surface area contributed by atoms with E-state index in [0.717, 1.165) is 5.69 Å². The Labute approximate surface area is 119 Å². The maximum Gasteiger partial charge on any atom is 0.304 e. The van der Waals surface area contributed by atoms with E-state index in [2.05, 4.69) is 17.0 Å². The van der Waals surface area contributed by atoms with Crippen LogP contribution < -0.4 is 4.90 Å². The number of carbonyl (C=O) groups excluding carboxylic acids is 1. The summed E-state index contributed by atoms with van der Waals surface area (Å²) in [5, 5.41) is 0. The predicted molar refractivity (Wildman–Crippen MR) is 80.3 cm³/mol. The van der Waals surface area contributed by atoms with Gasteiger partial charge in [-0.15, -0.1) is 0 Å². The lowest BCUT2D eigenvalue weighted by molar-refractivity contribution is -0.145. The number of ether oxygens (including phenoxy) is 1. The van der Waals surface area contributed by atoms with E-state index in [4.69, 9.17) is 4.74 Å². The van der Waals surface area contributed by atoms with Gasteiger partial charge >= 0.3 is 5.97 Å². The van der Waals surface area contributed by atoms with E-state index in [0.29, 0.717) is 6.54 Å². The van der Waals surface area contributed by atoms with Crippen molar-refractivity contribution in [3.8, 4) is 0 Å². The molecule has 0 fully saturated rings. The molecule has 3 heteroatoms. The van der Waals surface area contributed by atoms with Crippen LogP contribution in [-0.4, -0.2) is 12.2 Å². The number of para-hydroxylation sites is 1. The van der Waals surface area contributed by atoms with Gasteiger partial charge in [-0.05, 0) is 24.6 Å². The lowest BCUT2D eigenvalue weighted by Gasteiger charge is -2.30. The summed E-state index contributed by atoms with van der Waals surface area (Å²) in [6.07, 6.45) is -0.310. The number of carbonyl (C=O) groups is 1. The van der Waals surface area contributed by atoms with E-state index >= 15 is 0 Å². The highest BCUT2D eigenvalue weighted by molar-refractivity contribution is 5.66. The molecule has 0 aliphatic heterocycles. The normalized spacial score (nSPS) is 11.7. The second-order valence-electron chi connectivity index (χ2n) is 4.66. The van der Waals surface area contributed by atoms with Crippen LogP contribution in [-0.2, 0) is 16.1 Å². The number of benzene rings is 2. The number of anilines is 1. The highest BCUT2D eigenvalue weighted by atomic mass is 16.6. The third-order valence-electron chi connectivity index (χ3n) is 3.06. The smallest absolute Gasteiger partial charge is 0.304 e. The first kappa shape index (κ1) is 14.1. The maximum absolute atomic E-state index is 11.2. The summed E-state index contributed by atoms with van der Waals surface area (Å²) in [6, 6.07) is 20.1. The minimum atomic E-state index is -0.310. The van der Waals surface area contributed by atoms with Gasteiger partial charge in [0.05, 0.1) is 0 Å². The van der Waals surface area contributed by atoms with Gasteiger partial charge in [0, 0.05) is 19.2 Å². The molecule has 3 nitrogen and oxygen atoms in total. The largest absolute Gasteiger partial charge is 0.442 e. The molecule has 2 rings (SSSR count). The van der Waals surface area contributed by atoms with Crippen LogP contribution in [0.15, 0.2) is 60.7 Å². The summed E-state index contributed by atoms with van der Waals surface area (Å²) in [7, 11) is 0. The summed E-state index contributed by atoms with van der Waals surface area (Å²) in [6.45, 7) is 4.01. The molecule has 1 atom stereocenters. The monoisotopic (exact) mass is 269 g/mol. The van der Waals surface area contributed by atoms with E-state index in [1.807, 2.05) is 55.5 Å². The minimum absolute atomic E-state index is 0.272. The zero-order chi connectivity index (χ0) is 14.4. The maximum atomic E-state index is 11.2. The van der Waals surface area contributed by atoms with Crippen molar-refractivity contribution in [2.24, 2.45) is 0 Å². The van der Waals surface area contributed by atoms with Gasteiger partial charge in [0.15, 0.2) is 6.23 Å². The van der Waals surface area contributed by atoms with Crippen LogP contribution in [0.4, 0.5) is 5.69 Å². The summed E-state index contributed by atoms with van der Waals surface area (Å²) in [5.74, 6) is -0.272. The predicted octanol–water partition coefficient (Wildman–Crippen LogP) is 3.60. The molecule has 0 heterocycles. The first-order chi connectivity index (χ1) is 9.66. The molecule has 0 radical (unpaired) electrons. The van der Waals surface area contributed by atoms with Gasteiger partial charge in [0.1, 0.15) is 0 Å². The molecule has 20 heavy (non-hydrogen) atoms. The second-order valence-corrected chi connectivity index (χ2v) is 4.66. The Hall–Kier alpha value is -2.29. The Balaban J connectivity index is 2.22. The molecule has 2 aromatic rings. The minimum Gasteiger partial charge on any atom is -0.442 e. The molecule has 0 saturated carbocycles. The summed E-state index contributed by atoms with van der Waals surface area (Å²) < 4.78 is 5.33. The van der Waals surface area contributed by atoms with E-state index in [-0.39, 0.29) is 12.2 Å². The SMILES string of the molecule is CC(=O)OC(C)N(Cc1ccccc1)c1ccccc1. The molecule has 1 unspecified atom stereocenters. The second kappa shape index (κ2) is 6.75. The van der Waals surface area contributed by atoms with Crippen molar-refractivity contribution in [1.29, 1.82) is 0 Å². The van der Waals surface area contributed by atoms with E-state index in [9.17, 15) is 4.79 Å². The van der Waals surface area contributed by atoms with Gasteiger partial charge in [-0.25, -0.2) is 0 Å². The Bertz CT molecular complexity index is 539. The first-order valence-electron chi connectivity index (χ1n) is 6.69. The van der Waals surface area contributed by atoms with Gasteiger partial charge in [-0.2, -0.15) is 0 Å². The average Bonchev–Trinajstić information content (AvgIpc) is 2.46. The summed E-state index contributed by atoms with van der Waals surface area (Å²) in [5.41, 5.74) is 2.21. The molecular weight excluding hydrogens is 250 g/mol. The zero-order valence-corrected chi connectivity index (χ0v) is 11.8. The standard InChI is InChI=1S/C17H19NO2/c1-14(20-15(2)19)18(17-11-7-4-8-12-17)13-16-9-5-3-6-10-16/h3-12,14H,13H2,1-2H3. The van der Waals surface area contributed by atoms with Crippen LogP contribution in [0.5, 0.6) is 0 Å². The van der Waals surface area contributed by atoms with Crippen molar-refractivity contribution >= 4 is 11.7 Å². The van der Waals surface area contributed by atoms with Gasteiger partial charge in [0.2, 0.25) is 0 Å². The van der Waals surface area contributed by atoms with Gasteiger partial charge in [-0.1, -0.05) is 48.5 Å². The third kappa shape index (κ3) is 3.85. The molecule has 0 amide bonds. The molecule has 104 valence electrons. The van der Waals surface area contributed by atoms with E-state index in [1.54, 1.807) is 0 Å². The Morgan fingerprint density at radius 2 is 1.60 bits per heavy atom. The van der Waals surface area contributed by atoms with Crippen LogP contribution >= 0.6 is 0 Å². The average molecular weight is 269 g/mol. The molecule has 0 aliphatic rings. The Kier molecular flexibility index (Phi) is 4.77. The molecular formula is C17H19NO2. The summed E-state index contributed by atoms with van der Waals surface area (Å²) >= 11 is 0. The fourth-order valence-corrected chi connectivity index (χ4v) is 2.13. The Morgan fingerprint density at radius 1 is 1.05 bits per heavy atom. The summed E-state index contributed by atoms with van der Waals surface area (Å²) in [4.78, 5) is 13.3. The first-order valence-corrected chi connectivity index (χ1v) is 6.69. The van der Waals surface area contributed by atoms with Crippen molar-refractivity contribution in [3.63, 3.8) is 0 Å². The van der Waals surface area contributed by atoms with Gasteiger partial charge in [0.25, 0.3) is 0 Å². The zero-order valence-electron chi connectivity index (χ0n) is 11.8. The van der Waals surface area contributed by atoms with Gasteiger partial charge in [-0.3, -0.25) is 4.79 Å². The molecule has 0 aliphatic carbocycles. The van der Waals surface area contributed by atoms with Crippen molar-refractivity contribution in [2.75, 3.05) is 4.90 Å². The lowest BCUT2D eigenvalue weighted by atomic mass is 10.2. The fourth-order valence-electron chi connectivity index (χ4n) is 2.13. The fraction of sp³-hybridized carbons (Fsp3) is 0.235. The van der Waals surface area contributed by atoms with E-state index < -0.39 is 0 Å². The van der Waals surface area contributed by atoms with Crippen LogP contribution in [0.2, 0.25) is 0 Å². The van der Waals surface area contributed by atoms with Crippen molar-refractivity contribution in [1.82, 2.24) is 0 Å². The van der Waals surface area contributed by atoms with E-state index in [1.165, 1.54) is 12.5 Å². The van der Waals surface area contributed by atoms with Crippen LogP contribution in [0.1, 0.15) is 19.4 Å². The van der Waals surface area contributed by atoms with Crippen LogP contribution in [0, 0.1) is 0 Å². The lowest BCUT2D eigenvalue weighted by Crippen LogP contribution is -2.35. The quantitative estimate of drug-likeness (QED) is 0.613. The molecule has 0 saturated heterocycles. The van der Waals surface area contributed by atoms with Crippen LogP contribution in [0.25, 0.3) is 0 Å². The van der Waals surface area contributed by atoms with Crippen molar-refractivity contribution in [2.45, 2.75) is 26.6 Å². The molecule has 2 aromatic carbocycles. The van der Waals surface area contributed by atoms with Gasteiger partial charge < -0.3 is 9.64 Å². The Morgan fingerprint density at radius 3 is 2.15 bits per heavy atom. The third-order valence-corrected chi connectivity index (χ3v) is 3.06.